The summed E-state index contributed by atoms with van der Waals surface area (Å²) in [4.78, 5) is 34.2. The second kappa shape index (κ2) is 9.53. The zero-order valence-electron chi connectivity index (χ0n) is 18.4. The van der Waals surface area contributed by atoms with Gasteiger partial charge in [-0.1, -0.05) is 67.2 Å². The van der Waals surface area contributed by atoms with Crippen molar-refractivity contribution in [2.45, 2.75) is 24.9 Å². The highest BCUT2D eigenvalue weighted by atomic mass is 32.2. The first-order chi connectivity index (χ1) is 16.1. The summed E-state index contributed by atoms with van der Waals surface area (Å²) in [6.07, 6.45) is 2.10. The molecule has 2 aromatic heterocycles. The van der Waals surface area contributed by atoms with E-state index in [0.717, 1.165) is 42.7 Å². The monoisotopic (exact) mass is 475 g/mol. The number of amides is 1. The van der Waals surface area contributed by atoms with Gasteiger partial charge in [0.05, 0.1) is 16.8 Å². The van der Waals surface area contributed by atoms with E-state index in [-0.39, 0.29) is 17.2 Å². The van der Waals surface area contributed by atoms with Crippen LogP contribution in [0.15, 0.2) is 76.0 Å². The number of carbonyl (C=O) groups excluding carboxylic acids is 1. The number of hydrogen-bond acceptors (Lipinski definition) is 5. The van der Waals surface area contributed by atoms with Crippen molar-refractivity contribution >= 4 is 39.2 Å². The molecule has 2 aromatic carbocycles. The lowest BCUT2D eigenvalue weighted by Crippen LogP contribution is -2.39. The first-order valence-corrected chi connectivity index (χ1v) is 13.0. The van der Waals surface area contributed by atoms with Crippen LogP contribution in [0.1, 0.15) is 19.8 Å². The van der Waals surface area contributed by atoms with Crippen molar-refractivity contribution in [1.82, 2.24) is 14.5 Å². The maximum Gasteiger partial charge on any atom is 0.268 e. The SMILES string of the molecule is CC1CCN(C(=O)CSc2nc3scc(-c4ccccc4)c3c(=O)n2-c2ccccc2)CC1. The number of fused-ring (bicyclic) bond motifs is 1. The van der Waals surface area contributed by atoms with E-state index in [1.165, 1.54) is 23.1 Å². The molecule has 0 atom stereocenters. The number of rotatable bonds is 5. The Hall–Kier alpha value is -2.90. The topological polar surface area (TPSA) is 55.2 Å². The number of likely N-dealkylation sites (tertiary alicyclic amines) is 1. The van der Waals surface area contributed by atoms with Crippen molar-refractivity contribution in [3.05, 3.63) is 76.4 Å². The predicted octanol–water partition coefficient (Wildman–Crippen LogP) is 5.46. The fraction of sp³-hybridized carbons (Fsp3) is 0.269. The summed E-state index contributed by atoms with van der Waals surface area (Å²) < 4.78 is 1.65. The van der Waals surface area contributed by atoms with Gasteiger partial charge in [0.15, 0.2) is 5.16 Å². The molecule has 5 rings (SSSR count). The van der Waals surface area contributed by atoms with Crippen LogP contribution in [0.2, 0.25) is 0 Å². The van der Waals surface area contributed by atoms with E-state index in [4.69, 9.17) is 4.98 Å². The van der Waals surface area contributed by atoms with Crippen LogP contribution in [0.4, 0.5) is 0 Å². The van der Waals surface area contributed by atoms with Gasteiger partial charge >= 0.3 is 0 Å². The molecule has 1 amide bonds. The second-order valence-electron chi connectivity index (χ2n) is 8.42. The molecule has 7 heteroatoms. The number of thiophene rings is 1. The van der Waals surface area contributed by atoms with Crippen LogP contribution >= 0.6 is 23.1 Å². The number of aromatic nitrogens is 2. The molecule has 0 unspecified atom stereocenters. The van der Waals surface area contributed by atoms with E-state index in [9.17, 15) is 9.59 Å². The third kappa shape index (κ3) is 4.48. The lowest BCUT2D eigenvalue weighted by atomic mass is 9.99. The van der Waals surface area contributed by atoms with E-state index in [1.807, 2.05) is 70.9 Å². The van der Waals surface area contributed by atoms with Crippen molar-refractivity contribution in [3.8, 4) is 16.8 Å². The maximum atomic E-state index is 13.8. The molecular formula is C26H25N3O2S2. The summed E-state index contributed by atoms with van der Waals surface area (Å²) in [5.74, 6) is 1.06. The molecule has 1 aliphatic rings. The first-order valence-electron chi connectivity index (χ1n) is 11.2. The Morgan fingerprint density at radius 1 is 1.06 bits per heavy atom. The summed E-state index contributed by atoms with van der Waals surface area (Å²) in [5.41, 5.74) is 2.54. The minimum absolute atomic E-state index is 0.104. The molecule has 0 bridgehead atoms. The van der Waals surface area contributed by atoms with E-state index in [1.54, 1.807) is 4.57 Å². The van der Waals surface area contributed by atoms with Crippen LogP contribution in [0, 0.1) is 5.92 Å². The molecule has 0 spiro atoms. The van der Waals surface area contributed by atoms with E-state index in [2.05, 4.69) is 6.92 Å². The normalized spacial score (nSPS) is 14.6. The Balaban J connectivity index is 1.54. The van der Waals surface area contributed by atoms with Gasteiger partial charge in [0.2, 0.25) is 5.91 Å². The van der Waals surface area contributed by atoms with Crippen molar-refractivity contribution < 1.29 is 4.79 Å². The number of para-hydroxylation sites is 1. The molecule has 168 valence electrons. The number of carbonyl (C=O) groups is 1. The van der Waals surface area contributed by atoms with Gasteiger partial charge in [-0.15, -0.1) is 11.3 Å². The second-order valence-corrected chi connectivity index (χ2v) is 10.2. The Kier molecular flexibility index (Phi) is 6.33. The van der Waals surface area contributed by atoms with Gasteiger partial charge in [0, 0.05) is 24.0 Å². The van der Waals surface area contributed by atoms with E-state index < -0.39 is 0 Å². The molecular weight excluding hydrogens is 450 g/mol. The third-order valence-electron chi connectivity index (χ3n) is 6.14. The third-order valence-corrected chi connectivity index (χ3v) is 7.93. The lowest BCUT2D eigenvalue weighted by Gasteiger charge is -2.30. The van der Waals surface area contributed by atoms with Crippen LogP contribution in [0.25, 0.3) is 27.0 Å². The molecule has 4 aromatic rings. The van der Waals surface area contributed by atoms with Crippen LogP contribution in [-0.4, -0.2) is 39.2 Å². The Morgan fingerprint density at radius 3 is 2.42 bits per heavy atom. The molecule has 0 aliphatic carbocycles. The number of thioether (sulfide) groups is 1. The Morgan fingerprint density at radius 2 is 1.73 bits per heavy atom. The quantitative estimate of drug-likeness (QED) is 0.284. The van der Waals surface area contributed by atoms with Crippen molar-refractivity contribution in [2.24, 2.45) is 5.92 Å². The summed E-state index contributed by atoms with van der Waals surface area (Å²) in [5, 5.41) is 3.17. The van der Waals surface area contributed by atoms with Crippen LogP contribution < -0.4 is 5.56 Å². The predicted molar refractivity (Wildman–Crippen MR) is 136 cm³/mol. The molecule has 0 radical (unpaired) electrons. The molecule has 1 saturated heterocycles. The van der Waals surface area contributed by atoms with Crippen molar-refractivity contribution in [1.29, 1.82) is 0 Å². The first kappa shape index (κ1) is 21.9. The molecule has 3 heterocycles. The molecule has 0 N–H and O–H groups in total. The van der Waals surface area contributed by atoms with Gasteiger partial charge in [0.1, 0.15) is 4.83 Å². The van der Waals surface area contributed by atoms with Gasteiger partial charge in [-0.25, -0.2) is 4.98 Å². The Bertz CT molecular complexity index is 1320. The van der Waals surface area contributed by atoms with Gasteiger partial charge in [0.25, 0.3) is 5.56 Å². The van der Waals surface area contributed by atoms with Gasteiger partial charge in [-0.2, -0.15) is 0 Å². The summed E-state index contributed by atoms with van der Waals surface area (Å²) in [7, 11) is 0. The zero-order valence-corrected chi connectivity index (χ0v) is 20.1. The highest BCUT2D eigenvalue weighted by Crippen LogP contribution is 2.33. The van der Waals surface area contributed by atoms with E-state index in [0.29, 0.717) is 21.3 Å². The molecule has 1 aliphatic heterocycles. The van der Waals surface area contributed by atoms with Crippen LogP contribution in [-0.2, 0) is 4.79 Å². The van der Waals surface area contributed by atoms with Gasteiger partial charge in [-0.05, 0) is 36.5 Å². The average molecular weight is 476 g/mol. The highest BCUT2D eigenvalue weighted by molar-refractivity contribution is 7.99. The summed E-state index contributed by atoms with van der Waals surface area (Å²) in [6, 6.07) is 19.5. The maximum absolute atomic E-state index is 13.8. The number of hydrogen-bond donors (Lipinski definition) is 0. The smallest absolute Gasteiger partial charge is 0.268 e. The van der Waals surface area contributed by atoms with E-state index >= 15 is 0 Å². The van der Waals surface area contributed by atoms with Crippen LogP contribution in [0.3, 0.4) is 0 Å². The summed E-state index contributed by atoms with van der Waals surface area (Å²) in [6.45, 7) is 3.85. The fourth-order valence-electron chi connectivity index (χ4n) is 4.18. The molecule has 0 saturated carbocycles. The summed E-state index contributed by atoms with van der Waals surface area (Å²) >= 11 is 2.82. The minimum Gasteiger partial charge on any atom is -0.342 e. The zero-order chi connectivity index (χ0) is 22.8. The highest BCUT2D eigenvalue weighted by Gasteiger charge is 2.23. The average Bonchev–Trinajstić information content (AvgIpc) is 3.28. The minimum atomic E-state index is -0.104. The largest absolute Gasteiger partial charge is 0.342 e. The van der Waals surface area contributed by atoms with Crippen molar-refractivity contribution in [2.75, 3.05) is 18.8 Å². The number of nitrogens with zero attached hydrogens (tertiary/aromatic N) is 3. The molecule has 33 heavy (non-hydrogen) atoms. The van der Waals surface area contributed by atoms with Gasteiger partial charge < -0.3 is 4.90 Å². The van der Waals surface area contributed by atoms with Crippen molar-refractivity contribution in [3.63, 3.8) is 0 Å². The van der Waals surface area contributed by atoms with Crippen LogP contribution in [0.5, 0.6) is 0 Å². The standard InChI is InChI=1S/C26H25N3O2S2/c1-18-12-14-28(15-13-18)22(30)17-33-26-27-24-23(21(16-32-24)19-8-4-2-5-9-19)25(31)29(26)20-10-6-3-7-11-20/h2-11,16,18H,12-15,17H2,1H3. The number of piperidine rings is 1. The lowest BCUT2D eigenvalue weighted by molar-refractivity contribution is -0.129. The molecule has 1 fully saturated rings. The number of benzene rings is 2. The van der Waals surface area contributed by atoms with Gasteiger partial charge in [-0.3, -0.25) is 14.2 Å². The fourth-order valence-corrected chi connectivity index (χ4v) is 6.08. The Labute approximate surface area is 201 Å². The molecule has 5 nitrogen and oxygen atoms in total.